The van der Waals surface area contributed by atoms with Crippen molar-refractivity contribution in [1.82, 2.24) is 4.57 Å². The Labute approximate surface area is 284 Å². The predicted molar refractivity (Wildman–Crippen MR) is 148 cm³/mol. The fraction of sp³-hybridized carbons (Fsp3) is 0.0769. The molecule has 16 heteroatoms. The van der Waals surface area contributed by atoms with Crippen LogP contribution in [-0.4, -0.2) is 47.2 Å². The van der Waals surface area contributed by atoms with Gasteiger partial charge >= 0.3 is 51.4 Å². The van der Waals surface area contributed by atoms with Crippen molar-refractivity contribution in [2.45, 2.75) is 23.6 Å². The Hall–Kier alpha value is -3.24. The fourth-order valence-corrected chi connectivity index (χ4v) is 4.97. The van der Waals surface area contributed by atoms with Crippen LogP contribution in [0.4, 0.5) is 5.69 Å². The maximum atomic E-state index is 13.0. The average Bonchev–Trinajstić information content (AvgIpc) is 3.18. The Bertz CT molecular complexity index is 2010. The number of allylic oxidation sites excluding steroid dienone is 2. The second-order valence-electron chi connectivity index (χ2n) is 8.67. The Morgan fingerprint density at radius 3 is 1.88 bits per heavy atom. The van der Waals surface area contributed by atoms with Crippen LogP contribution < -0.4 is 62.0 Å². The number of nitrogens with zero attached hydrogens (tertiary/aromatic N) is 4. The number of aromatic hydroxyl groups is 1. The number of pyridine rings is 1. The van der Waals surface area contributed by atoms with E-state index in [0.717, 1.165) is 33.8 Å². The van der Waals surface area contributed by atoms with Crippen molar-refractivity contribution in [3.8, 4) is 17.6 Å². The molecule has 1 aromatic heterocycles. The minimum Gasteiger partial charge on any atom is -1.00 e. The summed E-state index contributed by atoms with van der Waals surface area (Å²) in [5.74, 6) is -1.11. The number of amides is 1. The van der Waals surface area contributed by atoms with Gasteiger partial charge in [-0.05, 0) is 80.1 Å². The number of hydrogen-bond donors (Lipinski definition) is 3. The Morgan fingerprint density at radius 2 is 1.40 bits per heavy atom. The summed E-state index contributed by atoms with van der Waals surface area (Å²) in [7, 11) is -8.92. The molecule has 1 aliphatic heterocycles. The van der Waals surface area contributed by atoms with Gasteiger partial charge in [-0.25, -0.2) is 4.57 Å². The summed E-state index contributed by atoms with van der Waals surface area (Å²) >= 11 is 0. The Morgan fingerprint density at radius 1 is 0.905 bits per heavy atom. The van der Waals surface area contributed by atoms with E-state index in [1.807, 2.05) is 0 Å². The van der Waals surface area contributed by atoms with Crippen LogP contribution in [0.2, 0.25) is 0 Å². The van der Waals surface area contributed by atoms with Gasteiger partial charge in [-0.15, -0.1) is 0 Å². The molecule has 0 fully saturated rings. The molecule has 2 heterocycles. The second-order valence-corrected chi connectivity index (χ2v) is 11.5. The summed E-state index contributed by atoms with van der Waals surface area (Å²) in [4.78, 5) is 25.2. The number of carbonyl (C=O) groups is 1. The van der Waals surface area contributed by atoms with E-state index in [-0.39, 0.29) is 91.3 Å². The molecule has 1 aliphatic rings. The monoisotopic (exact) mass is 636 g/mol. The van der Waals surface area contributed by atoms with E-state index in [0.29, 0.717) is 5.71 Å². The molecular weight excluding hydrogens is 616 g/mol. The van der Waals surface area contributed by atoms with Crippen LogP contribution in [0.3, 0.4) is 0 Å². The first-order valence-corrected chi connectivity index (χ1v) is 14.4. The molecular formula is C26H21KN4O9S2. The fourth-order valence-electron chi connectivity index (χ4n) is 4.01. The van der Waals surface area contributed by atoms with E-state index < -0.39 is 42.5 Å². The largest absolute Gasteiger partial charge is 1.00 e. The van der Waals surface area contributed by atoms with Crippen LogP contribution in [0.15, 0.2) is 85.9 Å². The molecule has 0 aliphatic carbocycles. The predicted octanol–water partition coefficient (Wildman–Crippen LogP) is -0.305. The Kier molecular flexibility index (Phi) is 9.94. The topological polar surface area (TPSA) is 207 Å². The summed E-state index contributed by atoms with van der Waals surface area (Å²) < 4.78 is 64.4. The summed E-state index contributed by atoms with van der Waals surface area (Å²) in [5, 5.41) is 25.8. The van der Waals surface area contributed by atoms with Crippen molar-refractivity contribution >= 4 is 43.6 Å². The molecule has 3 aromatic rings. The number of aromatic nitrogens is 1. The van der Waals surface area contributed by atoms with E-state index >= 15 is 0 Å². The molecule has 0 atom stereocenters. The summed E-state index contributed by atoms with van der Waals surface area (Å²) in [6.45, 7) is 3.01. The van der Waals surface area contributed by atoms with E-state index in [9.17, 15) is 41.3 Å². The molecule has 42 heavy (non-hydrogen) atoms. The standard InChI is InChI=1S/C26H20N4O9S2.K.H/c1-15-21(24(31)29(25(32)23(15)14-27)17-6-10-19(11-7-17)40(34,35)36)4-3-5-22-16(2)28-30(26(22)33)18-8-12-20(13-9-18)41(37,38)39;;/h3-13,31H,1-2H3,(H,34,35,36)(H,37,38,39);;/q;+1;-1. The summed E-state index contributed by atoms with van der Waals surface area (Å²) in [6.07, 6.45) is 4.16. The van der Waals surface area contributed by atoms with Crippen LogP contribution in [0.25, 0.3) is 11.8 Å². The molecule has 0 saturated carbocycles. The van der Waals surface area contributed by atoms with Gasteiger partial charge in [-0.1, -0.05) is 6.08 Å². The smallest absolute Gasteiger partial charge is 1.00 e. The van der Waals surface area contributed by atoms with Crippen LogP contribution in [0, 0.1) is 18.3 Å². The van der Waals surface area contributed by atoms with Gasteiger partial charge in [0.15, 0.2) is 0 Å². The van der Waals surface area contributed by atoms with Gasteiger partial charge in [-0.3, -0.25) is 18.7 Å². The number of nitriles is 1. The quantitative estimate of drug-likeness (QED) is 0.183. The van der Waals surface area contributed by atoms with Crippen LogP contribution in [0.5, 0.6) is 5.88 Å². The van der Waals surface area contributed by atoms with E-state index in [2.05, 4.69) is 5.10 Å². The maximum absolute atomic E-state index is 13.0. The molecule has 0 saturated heterocycles. The van der Waals surface area contributed by atoms with E-state index in [4.69, 9.17) is 4.55 Å². The molecule has 0 radical (unpaired) electrons. The van der Waals surface area contributed by atoms with Crippen LogP contribution in [-0.2, 0) is 25.0 Å². The third-order valence-electron chi connectivity index (χ3n) is 6.12. The van der Waals surface area contributed by atoms with Gasteiger partial charge in [-0.2, -0.15) is 32.2 Å². The molecule has 13 nitrogen and oxygen atoms in total. The number of benzene rings is 2. The number of anilines is 1. The van der Waals surface area contributed by atoms with E-state index in [1.54, 1.807) is 13.0 Å². The van der Waals surface area contributed by atoms with E-state index in [1.165, 1.54) is 49.4 Å². The first-order chi connectivity index (χ1) is 19.1. The van der Waals surface area contributed by atoms with Crippen molar-refractivity contribution in [1.29, 1.82) is 5.26 Å². The SMILES string of the molecule is CC1=NN(c2ccc(S(=O)(=O)O)cc2)C(=O)C1=CC=Cc1c(C)c(C#N)c(=O)n(-c2ccc(S(=O)(=O)O)cc2)c1O.[H-].[K+]. The molecule has 0 spiro atoms. The molecule has 0 bridgehead atoms. The molecule has 2 aromatic carbocycles. The minimum atomic E-state index is -4.50. The molecule has 1 amide bonds. The van der Waals surface area contributed by atoms with Crippen LogP contribution >= 0.6 is 0 Å². The third-order valence-corrected chi connectivity index (χ3v) is 7.86. The number of hydrazone groups is 1. The van der Waals surface area contributed by atoms with Crippen LogP contribution in [0.1, 0.15) is 25.0 Å². The zero-order valence-electron chi connectivity index (χ0n) is 23.2. The number of carbonyl (C=O) groups excluding carboxylic acids is 1. The van der Waals surface area contributed by atoms with Crippen molar-refractivity contribution in [3.63, 3.8) is 0 Å². The molecule has 3 N–H and O–H groups in total. The summed E-state index contributed by atoms with van der Waals surface area (Å²) in [5.41, 5.74) is -0.186. The number of rotatable bonds is 6. The molecule has 0 unspecified atom stereocenters. The third kappa shape index (κ3) is 6.54. The minimum absolute atomic E-state index is 0. The molecule has 4 rings (SSSR count). The van der Waals surface area contributed by atoms with Gasteiger partial charge in [0, 0.05) is 5.56 Å². The van der Waals surface area contributed by atoms with Gasteiger partial charge in [0.25, 0.3) is 31.7 Å². The van der Waals surface area contributed by atoms with Crippen molar-refractivity contribution in [3.05, 3.63) is 93.3 Å². The zero-order chi connectivity index (χ0) is 30.3. The summed E-state index contributed by atoms with van der Waals surface area (Å²) in [6, 6.07) is 11.0. The maximum Gasteiger partial charge on any atom is 1.00 e. The van der Waals surface area contributed by atoms with Gasteiger partial charge in [0.1, 0.15) is 11.6 Å². The Balaban J connectivity index is 0.00000323. The van der Waals surface area contributed by atoms with Crippen molar-refractivity contribution < 1.29 is 88.7 Å². The number of hydrogen-bond acceptors (Lipinski definition) is 9. The van der Waals surface area contributed by atoms with Crippen molar-refractivity contribution in [2.75, 3.05) is 5.01 Å². The zero-order valence-corrected chi connectivity index (χ0v) is 27.0. The first kappa shape index (κ1) is 33.3. The van der Waals surface area contributed by atoms with Gasteiger partial charge < -0.3 is 6.53 Å². The normalized spacial score (nSPS) is 14.6. The molecule has 212 valence electrons. The van der Waals surface area contributed by atoms with Gasteiger partial charge in [0.05, 0.1) is 32.5 Å². The first-order valence-electron chi connectivity index (χ1n) is 11.5. The van der Waals surface area contributed by atoms with Crippen molar-refractivity contribution in [2.24, 2.45) is 5.10 Å². The average molecular weight is 637 g/mol. The second kappa shape index (κ2) is 12.5. The van der Waals surface area contributed by atoms with Gasteiger partial charge in [0.2, 0.25) is 5.88 Å².